The van der Waals surface area contributed by atoms with Crippen molar-refractivity contribution >= 4 is 29.1 Å². The fraction of sp³-hybridized carbons (Fsp3) is 0.0526. The highest BCUT2D eigenvalue weighted by Crippen LogP contribution is 2.22. The van der Waals surface area contributed by atoms with Gasteiger partial charge in [-0.05, 0) is 30.3 Å². The molecule has 0 aliphatic rings. The summed E-state index contributed by atoms with van der Waals surface area (Å²) in [5.41, 5.74) is 2.08. The maximum atomic E-state index is 11.9. The normalized spacial score (nSPS) is 9.85. The molecule has 7 nitrogen and oxygen atoms in total. The Morgan fingerprint density at radius 2 is 1.77 bits per heavy atom. The number of hydrogen-bond acceptors (Lipinski definition) is 7. The molecular weight excluding hydrogens is 330 g/mol. The van der Waals surface area contributed by atoms with E-state index < -0.39 is 5.97 Å². The van der Waals surface area contributed by atoms with E-state index in [9.17, 15) is 10.1 Å². The van der Waals surface area contributed by atoms with Crippen LogP contribution < -0.4 is 10.6 Å². The van der Waals surface area contributed by atoms with Crippen molar-refractivity contribution in [3.05, 3.63) is 71.9 Å². The summed E-state index contributed by atoms with van der Waals surface area (Å²) in [5, 5.41) is 15.3. The number of anilines is 4. The number of benzene rings is 2. The number of para-hydroxylation sites is 2. The highest BCUT2D eigenvalue weighted by atomic mass is 16.5. The molecule has 1 heterocycles. The standard InChI is InChI=1S/C19H15N5O2/c1-26-18(25)14-7-3-5-9-16(14)23-19-21-11-10-17(24-19)22-15-8-4-2-6-13(15)12-20/h2-11H,1H3,(H2,21,22,23,24). The molecule has 0 aliphatic carbocycles. The molecule has 1 aromatic heterocycles. The van der Waals surface area contributed by atoms with E-state index in [4.69, 9.17) is 4.74 Å². The summed E-state index contributed by atoms with van der Waals surface area (Å²) in [6.07, 6.45) is 1.58. The second-order valence-corrected chi connectivity index (χ2v) is 5.21. The van der Waals surface area contributed by atoms with Gasteiger partial charge in [-0.3, -0.25) is 0 Å². The third kappa shape index (κ3) is 3.76. The van der Waals surface area contributed by atoms with E-state index in [1.807, 2.05) is 6.07 Å². The Hall–Kier alpha value is -3.92. The lowest BCUT2D eigenvalue weighted by molar-refractivity contribution is 0.0602. The van der Waals surface area contributed by atoms with Gasteiger partial charge in [0.25, 0.3) is 0 Å². The van der Waals surface area contributed by atoms with Crippen molar-refractivity contribution in [1.29, 1.82) is 5.26 Å². The molecule has 0 atom stereocenters. The SMILES string of the molecule is COC(=O)c1ccccc1Nc1nccc(Nc2ccccc2C#N)n1. The zero-order valence-electron chi connectivity index (χ0n) is 13.9. The molecule has 0 bridgehead atoms. The topological polar surface area (TPSA) is 99.9 Å². The summed E-state index contributed by atoms with van der Waals surface area (Å²) >= 11 is 0. The number of hydrogen-bond donors (Lipinski definition) is 2. The number of nitrogens with zero attached hydrogens (tertiary/aromatic N) is 3. The van der Waals surface area contributed by atoms with E-state index in [-0.39, 0.29) is 0 Å². The number of esters is 1. The minimum absolute atomic E-state index is 0.306. The number of nitrogens with one attached hydrogen (secondary N) is 2. The number of carbonyl (C=O) groups excluding carboxylic acids is 1. The minimum Gasteiger partial charge on any atom is -0.465 e. The molecular formula is C19H15N5O2. The van der Waals surface area contributed by atoms with E-state index in [1.165, 1.54) is 7.11 Å². The summed E-state index contributed by atoms with van der Waals surface area (Å²) in [5.74, 6) is 0.367. The zero-order valence-corrected chi connectivity index (χ0v) is 13.9. The van der Waals surface area contributed by atoms with Gasteiger partial charge in [-0.15, -0.1) is 0 Å². The van der Waals surface area contributed by atoms with Crippen molar-refractivity contribution in [3.8, 4) is 6.07 Å². The summed E-state index contributed by atoms with van der Waals surface area (Å²) in [6.45, 7) is 0. The van der Waals surface area contributed by atoms with Crippen molar-refractivity contribution in [3.63, 3.8) is 0 Å². The molecule has 7 heteroatoms. The van der Waals surface area contributed by atoms with Gasteiger partial charge >= 0.3 is 5.97 Å². The molecule has 0 aliphatic heterocycles. The van der Waals surface area contributed by atoms with Gasteiger partial charge < -0.3 is 15.4 Å². The van der Waals surface area contributed by atoms with Crippen LogP contribution >= 0.6 is 0 Å². The van der Waals surface area contributed by atoms with Crippen LogP contribution in [0.2, 0.25) is 0 Å². The number of ether oxygens (including phenoxy) is 1. The summed E-state index contributed by atoms with van der Waals surface area (Å²) in [6, 6.07) is 17.9. The number of rotatable bonds is 5. The Balaban J connectivity index is 1.85. The lowest BCUT2D eigenvalue weighted by Crippen LogP contribution is -2.07. The predicted molar refractivity (Wildman–Crippen MR) is 97.5 cm³/mol. The average molecular weight is 345 g/mol. The van der Waals surface area contributed by atoms with Crippen LogP contribution in [0, 0.1) is 11.3 Å². The first-order valence-electron chi connectivity index (χ1n) is 7.75. The zero-order chi connectivity index (χ0) is 18.4. The van der Waals surface area contributed by atoms with Crippen molar-refractivity contribution in [2.24, 2.45) is 0 Å². The first kappa shape index (κ1) is 16.9. The van der Waals surface area contributed by atoms with Gasteiger partial charge in [0.1, 0.15) is 11.9 Å². The van der Waals surface area contributed by atoms with E-state index in [2.05, 4.69) is 26.7 Å². The third-order valence-corrected chi connectivity index (χ3v) is 3.54. The Labute approximate surface area is 150 Å². The van der Waals surface area contributed by atoms with Crippen molar-refractivity contribution in [2.45, 2.75) is 0 Å². The quantitative estimate of drug-likeness (QED) is 0.681. The van der Waals surface area contributed by atoms with E-state index in [1.54, 1.807) is 54.7 Å². The van der Waals surface area contributed by atoms with Crippen molar-refractivity contribution in [1.82, 2.24) is 9.97 Å². The van der Waals surface area contributed by atoms with Gasteiger partial charge in [0.05, 0.1) is 29.6 Å². The van der Waals surface area contributed by atoms with Crippen LogP contribution in [0.25, 0.3) is 0 Å². The van der Waals surface area contributed by atoms with Gasteiger partial charge in [-0.2, -0.15) is 10.2 Å². The van der Waals surface area contributed by atoms with E-state index in [0.717, 1.165) is 0 Å². The predicted octanol–water partition coefficient (Wildman–Crippen LogP) is 3.62. The highest BCUT2D eigenvalue weighted by molar-refractivity contribution is 5.96. The molecule has 2 aromatic carbocycles. The Morgan fingerprint density at radius 1 is 1.04 bits per heavy atom. The molecule has 0 unspecified atom stereocenters. The average Bonchev–Trinajstić information content (AvgIpc) is 2.68. The number of methoxy groups -OCH3 is 1. The van der Waals surface area contributed by atoms with Crippen molar-refractivity contribution in [2.75, 3.05) is 17.7 Å². The number of nitriles is 1. The van der Waals surface area contributed by atoms with Crippen LogP contribution in [0.1, 0.15) is 15.9 Å². The maximum absolute atomic E-state index is 11.9. The molecule has 128 valence electrons. The van der Waals surface area contributed by atoms with E-state index in [0.29, 0.717) is 34.3 Å². The lowest BCUT2D eigenvalue weighted by Gasteiger charge is -2.11. The summed E-state index contributed by atoms with van der Waals surface area (Å²) in [7, 11) is 1.33. The molecule has 0 fully saturated rings. The number of aromatic nitrogens is 2. The number of carbonyl (C=O) groups is 1. The molecule has 2 N–H and O–H groups in total. The second kappa shape index (κ2) is 7.77. The Kier molecular flexibility index (Phi) is 5.05. The Bertz CT molecular complexity index is 981. The Morgan fingerprint density at radius 3 is 2.54 bits per heavy atom. The fourth-order valence-corrected chi connectivity index (χ4v) is 2.32. The molecule has 0 spiro atoms. The smallest absolute Gasteiger partial charge is 0.339 e. The van der Waals surface area contributed by atoms with Gasteiger partial charge in [0.15, 0.2) is 0 Å². The molecule has 3 aromatic rings. The van der Waals surface area contributed by atoms with Gasteiger partial charge in [-0.25, -0.2) is 9.78 Å². The molecule has 0 saturated carbocycles. The summed E-state index contributed by atoms with van der Waals surface area (Å²) < 4.78 is 4.78. The lowest BCUT2D eigenvalue weighted by atomic mass is 10.2. The molecule has 3 rings (SSSR count). The van der Waals surface area contributed by atoms with Crippen LogP contribution in [0.4, 0.5) is 23.1 Å². The summed E-state index contributed by atoms with van der Waals surface area (Å²) in [4.78, 5) is 20.4. The van der Waals surface area contributed by atoms with Crippen LogP contribution in [-0.2, 0) is 4.74 Å². The van der Waals surface area contributed by atoms with Crippen LogP contribution in [0.3, 0.4) is 0 Å². The van der Waals surface area contributed by atoms with Crippen molar-refractivity contribution < 1.29 is 9.53 Å². The first-order valence-corrected chi connectivity index (χ1v) is 7.75. The van der Waals surface area contributed by atoms with Gasteiger partial charge in [0.2, 0.25) is 5.95 Å². The molecule has 0 radical (unpaired) electrons. The second-order valence-electron chi connectivity index (χ2n) is 5.21. The fourth-order valence-electron chi connectivity index (χ4n) is 2.32. The van der Waals surface area contributed by atoms with Gasteiger partial charge in [0, 0.05) is 6.20 Å². The van der Waals surface area contributed by atoms with Crippen LogP contribution in [-0.4, -0.2) is 23.0 Å². The molecule has 26 heavy (non-hydrogen) atoms. The maximum Gasteiger partial charge on any atom is 0.339 e. The highest BCUT2D eigenvalue weighted by Gasteiger charge is 2.12. The molecule has 0 saturated heterocycles. The van der Waals surface area contributed by atoms with E-state index >= 15 is 0 Å². The largest absolute Gasteiger partial charge is 0.465 e. The van der Waals surface area contributed by atoms with Crippen LogP contribution in [0.5, 0.6) is 0 Å². The third-order valence-electron chi connectivity index (χ3n) is 3.54. The minimum atomic E-state index is -0.453. The molecule has 0 amide bonds. The monoisotopic (exact) mass is 345 g/mol. The van der Waals surface area contributed by atoms with Crippen LogP contribution in [0.15, 0.2) is 60.8 Å². The first-order chi connectivity index (χ1) is 12.7. The van der Waals surface area contributed by atoms with Gasteiger partial charge in [-0.1, -0.05) is 24.3 Å².